The van der Waals surface area contributed by atoms with Crippen LogP contribution in [0.15, 0.2) is 73.1 Å². The van der Waals surface area contributed by atoms with Gasteiger partial charge in [-0.3, -0.25) is 4.79 Å². The molecule has 0 radical (unpaired) electrons. The Bertz CT molecular complexity index is 1330. The van der Waals surface area contributed by atoms with Gasteiger partial charge >= 0.3 is 0 Å². The zero-order chi connectivity index (χ0) is 24.3. The predicted molar refractivity (Wildman–Crippen MR) is 133 cm³/mol. The molecule has 4 rings (SSSR count). The van der Waals surface area contributed by atoms with Gasteiger partial charge in [0.15, 0.2) is 5.82 Å². The lowest BCUT2D eigenvalue weighted by atomic mass is 9.86. The summed E-state index contributed by atoms with van der Waals surface area (Å²) in [4.78, 5) is 25.7. The Labute approximate surface area is 198 Å². The number of benzene rings is 3. The number of nitrogens with one attached hydrogen (secondary N) is 2. The summed E-state index contributed by atoms with van der Waals surface area (Å²) >= 11 is 0. The molecule has 1 aromatic heterocycles. The van der Waals surface area contributed by atoms with Gasteiger partial charge in [-0.1, -0.05) is 57.2 Å². The van der Waals surface area contributed by atoms with Crippen LogP contribution in [0, 0.1) is 12.7 Å². The predicted octanol–water partition coefficient (Wildman–Crippen LogP) is 6.28. The van der Waals surface area contributed by atoms with Gasteiger partial charge in [0.1, 0.15) is 12.1 Å². The molecule has 34 heavy (non-hydrogen) atoms. The molecule has 6 nitrogen and oxygen atoms in total. The summed E-state index contributed by atoms with van der Waals surface area (Å²) in [6.45, 7) is 8.29. The van der Waals surface area contributed by atoms with Crippen molar-refractivity contribution in [2.45, 2.75) is 33.1 Å². The van der Waals surface area contributed by atoms with Crippen molar-refractivity contribution in [3.8, 4) is 11.4 Å². The Morgan fingerprint density at radius 1 is 0.882 bits per heavy atom. The highest BCUT2D eigenvalue weighted by atomic mass is 19.1. The Kier molecular flexibility index (Phi) is 6.36. The summed E-state index contributed by atoms with van der Waals surface area (Å²) in [5.74, 6) is 0.0407. The summed E-state index contributed by atoms with van der Waals surface area (Å²) in [6.07, 6.45) is 1.37. The summed E-state index contributed by atoms with van der Waals surface area (Å²) < 4.78 is 14.0. The van der Waals surface area contributed by atoms with Gasteiger partial charge in [0.2, 0.25) is 5.95 Å². The zero-order valence-corrected chi connectivity index (χ0v) is 19.6. The largest absolute Gasteiger partial charge is 0.322 e. The normalized spacial score (nSPS) is 11.2. The van der Waals surface area contributed by atoms with Crippen molar-refractivity contribution in [3.05, 3.63) is 95.6 Å². The lowest BCUT2D eigenvalue weighted by Crippen LogP contribution is -2.15. The second-order valence-electron chi connectivity index (χ2n) is 9.00. The van der Waals surface area contributed by atoms with Crippen molar-refractivity contribution >= 4 is 23.2 Å². The number of aromatic nitrogens is 3. The number of anilines is 3. The Morgan fingerprint density at radius 2 is 1.59 bits per heavy atom. The molecule has 4 aromatic rings. The zero-order valence-electron chi connectivity index (χ0n) is 19.6. The molecule has 7 heteroatoms. The summed E-state index contributed by atoms with van der Waals surface area (Å²) in [7, 11) is 0. The van der Waals surface area contributed by atoms with Crippen molar-refractivity contribution < 1.29 is 9.18 Å². The Hall–Kier alpha value is -4.13. The van der Waals surface area contributed by atoms with E-state index in [9.17, 15) is 9.18 Å². The summed E-state index contributed by atoms with van der Waals surface area (Å²) in [6, 6.07) is 19.5. The van der Waals surface area contributed by atoms with E-state index >= 15 is 0 Å². The van der Waals surface area contributed by atoms with Crippen LogP contribution in [0.4, 0.5) is 21.7 Å². The van der Waals surface area contributed by atoms with E-state index in [1.165, 1.54) is 12.4 Å². The number of para-hydroxylation sites is 1. The van der Waals surface area contributed by atoms with Gasteiger partial charge < -0.3 is 10.6 Å². The van der Waals surface area contributed by atoms with Gasteiger partial charge in [-0.15, -0.1) is 0 Å². The van der Waals surface area contributed by atoms with Crippen LogP contribution in [0.1, 0.15) is 42.3 Å². The highest BCUT2D eigenvalue weighted by Crippen LogP contribution is 2.28. The van der Waals surface area contributed by atoms with E-state index in [1.54, 1.807) is 18.2 Å². The molecule has 0 spiro atoms. The molecule has 0 fully saturated rings. The van der Waals surface area contributed by atoms with E-state index in [2.05, 4.69) is 46.4 Å². The van der Waals surface area contributed by atoms with Crippen LogP contribution in [0.5, 0.6) is 0 Å². The number of rotatable bonds is 5. The highest BCUT2D eigenvalue weighted by Gasteiger charge is 2.16. The molecular weight excluding hydrogens is 429 g/mol. The first kappa shape index (κ1) is 23.0. The van der Waals surface area contributed by atoms with E-state index < -0.39 is 5.82 Å². The van der Waals surface area contributed by atoms with Crippen molar-refractivity contribution in [3.63, 3.8) is 0 Å². The number of amides is 1. The van der Waals surface area contributed by atoms with E-state index in [4.69, 9.17) is 0 Å². The number of carbonyl (C=O) groups is 1. The van der Waals surface area contributed by atoms with Crippen molar-refractivity contribution in [2.24, 2.45) is 0 Å². The van der Waals surface area contributed by atoms with Crippen LogP contribution in [-0.4, -0.2) is 20.9 Å². The monoisotopic (exact) mass is 455 g/mol. The third kappa shape index (κ3) is 5.09. The van der Waals surface area contributed by atoms with Gasteiger partial charge in [-0.25, -0.2) is 14.4 Å². The number of nitrogens with zero attached hydrogens (tertiary/aromatic N) is 3. The van der Waals surface area contributed by atoms with Crippen LogP contribution < -0.4 is 10.6 Å². The fraction of sp³-hybridized carbons (Fsp3) is 0.185. The molecule has 0 saturated carbocycles. The Morgan fingerprint density at radius 3 is 2.29 bits per heavy atom. The molecule has 1 heterocycles. The van der Waals surface area contributed by atoms with Crippen LogP contribution in [0.2, 0.25) is 0 Å². The standard InChI is InChI=1S/C27H26FN5O/c1-17-20(24-29-16-30-26(33-24)32-23-10-6-5-9-21(23)28)8-7-11-22(17)31-25(34)18-12-14-19(15-13-18)27(2,3)4/h5-16H,1-4H3,(H,31,34)(H,29,30,32,33). The molecule has 2 N–H and O–H groups in total. The molecule has 0 aliphatic rings. The maximum atomic E-state index is 14.0. The van der Waals surface area contributed by atoms with Gasteiger partial charge in [-0.2, -0.15) is 4.98 Å². The first-order chi connectivity index (χ1) is 16.2. The van der Waals surface area contributed by atoms with Crippen LogP contribution in [0.25, 0.3) is 11.4 Å². The minimum atomic E-state index is -0.402. The molecule has 1 amide bonds. The average molecular weight is 456 g/mol. The summed E-state index contributed by atoms with van der Waals surface area (Å²) in [5, 5.41) is 5.86. The topological polar surface area (TPSA) is 79.8 Å². The van der Waals surface area contributed by atoms with Gasteiger partial charge in [0.05, 0.1) is 5.69 Å². The third-order valence-corrected chi connectivity index (χ3v) is 5.53. The van der Waals surface area contributed by atoms with Crippen molar-refractivity contribution in [2.75, 3.05) is 10.6 Å². The molecular formula is C27H26FN5O. The van der Waals surface area contributed by atoms with Crippen LogP contribution in [-0.2, 0) is 5.41 Å². The van der Waals surface area contributed by atoms with E-state index in [-0.39, 0.29) is 23.0 Å². The number of hydrogen-bond acceptors (Lipinski definition) is 5. The lowest BCUT2D eigenvalue weighted by Gasteiger charge is -2.19. The number of hydrogen-bond donors (Lipinski definition) is 2. The molecule has 0 bridgehead atoms. The van der Waals surface area contributed by atoms with Gasteiger partial charge in [0, 0.05) is 16.8 Å². The Balaban J connectivity index is 1.56. The van der Waals surface area contributed by atoms with Crippen LogP contribution >= 0.6 is 0 Å². The maximum Gasteiger partial charge on any atom is 0.255 e. The number of carbonyl (C=O) groups excluding carboxylic acids is 1. The van der Waals surface area contributed by atoms with Gasteiger partial charge in [-0.05, 0) is 53.8 Å². The highest BCUT2D eigenvalue weighted by molar-refractivity contribution is 6.05. The van der Waals surface area contributed by atoms with Gasteiger partial charge in [0.25, 0.3) is 5.91 Å². The van der Waals surface area contributed by atoms with Crippen molar-refractivity contribution in [1.82, 2.24) is 15.0 Å². The molecule has 0 saturated heterocycles. The average Bonchev–Trinajstić information content (AvgIpc) is 2.81. The fourth-order valence-corrected chi connectivity index (χ4v) is 3.50. The van der Waals surface area contributed by atoms with E-state index in [0.29, 0.717) is 17.1 Å². The summed E-state index contributed by atoms with van der Waals surface area (Å²) in [5.41, 5.74) is 4.24. The fourth-order valence-electron chi connectivity index (χ4n) is 3.50. The van der Waals surface area contributed by atoms with E-state index in [0.717, 1.165) is 16.7 Å². The van der Waals surface area contributed by atoms with Crippen LogP contribution in [0.3, 0.4) is 0 Å². The second kappa shape index (κ2) is 9.39. The second-order valence-corrected chi connectivity index (χ2v) is 9.00. The smallest absolute Gasteiger partial charge is 0.255 e. The SMILES string of the molecule is Cc1c(NC(=O)c2ccc(C(C)(C)C)cc2)cccc1-c1ncnc(Nc2ccccc2F)n1. The molecule has 0 aliphatic carbocycles. The molecule has 3 aromatic carbocycles. The minimum absolute atomic E-state index is 0.0183. The van der Waals surface area contributed by atoms with E-state index in [1.807, 2.05) is 49.4 Å². The molecule has 0 unspecified atom stereocenters. The molecule has 172 valence electrons. The third-order valence-electron chi connectivity index (χ3n) is 5.53. The minimum Gasteiger partial charge on any atom is -0.322 e. The lowest BCUT2D eigenvalue weighted by molar-refractivity contribution is 0.102. The first-order valence-electron chi connectivity index (χ1n) is 10.9. The molecule has 0 aliphatic heterocycles. The quantitative estimate of drug-likeness (QED) is 0.370. The molecule has 0 atom stereocenters. The maximum absolute atomic E-state index is 14.0. The number of halogens is 1. The van der Waals surface area contributed by atoms with Crippen molar-refractivity contribution in [1.29, 1.82) is 0 Å². The first-order valence-corrected chi connectivity index (χ1v) is 10.9.